The molecule has 0 bridgehead atoms. The summed E-state index contributed by atoms with van der Waals surface area (Å²) >= 11 is 12.3. The van der Waals surface area contributed by atoms with Gasteiger partial charge in [0, 0.05) is 55.2 Å². The average Bonchev–Trinajstić information content (AvgIpc) is 2.66. The molecule has 0 atom stereocenters. The van der Waals surface area contributed by atoms with Crippen LogP contribution in [0.5, 0.6) is 5.75 Å². The molecular weight excluding hydrogens is 385 g/mol. The molecule has 0 N–H and O–H groups in total. The highest BCUT2D eigenvalue weighted by Gasteiger charge is 2.21. The number of benzene rings is 1. The largest absolute Gasteiger partial charge is 0.495 e. The Morgan fingerprint density at radius 2 is 1.74 bits per heavy atom. The van der Waals surface area contributed by atoms with E-state index in [4.69, 9.17) is 27.9 Å². The summed E-state index contributed by atoms with van der Waals surface area (Å²) in [5, 5.41) is 1.89. The van der Waals surface area contributed by atoms with E-state index in [1.807, 2.05) is 37.4 Å². The molecular formula is C19H19Cl2N5O. The van der Waals surface area contributed by atoms with Crippen LogP contribution in [0.25, 0.3) is 10.9 Å². The number of piperazine rings is 1. The third-order valence-electron chi connectivity index (χ3n) is 4.75. The molecule has 4 rings (SSSR count). The maximum atomic E-state index is 6.25. The molecule has 0 radical (unpaired) electrons. The molecule has 0 aliphatic carbocycles. The highest BCUT2D eigenvalue weighted by Crippen LogP contribution is 2.34. The number of halogens is 2. The lowest BCUT2D eigenvalue weighted by molar-refractivity contribution is 0.415. The number of methoxy groups -OCH3 is 1. The van der Waals surface area contributed by atoms with Crippen molar-refractivity contribution in [3.63, 3.8) is 0 Å². The van der Waals surface area contributed by atoms with Crippen molar-refractivity contribution in [1.82, 2.24) is 15.0 Å². The standard InChI is InChI=1S/C19H19Cl2N5O/c1-12-9-18(24-19(21)23-12)26-7-5-25(6-8-26)16-3-4-22-15-11-14(20)17(27-2)10-13(15)16/h3-4,9-11H,5-8H2,1-2H3. The second-order valence-corrected chi connectivity index (χ2v) is 7.19. The zero-order valence-corrected chi connectivity index (χ0v) is 16.6. The van der Waals surface area contributed by atoms with Gasteiger partial charge in [0.1, 0.15) is 11.6 Å². The number of fused-ring (bicyclic) bond motifs is 1. The topological polar surface area (TPSA) is 54.4 Å². The van der Waals surface area contributed by atoms with Gasteiger partial charge in [0.05, 0.1) is 17.6 Å². The van der Waals surface area contributed by atoms with Crippen molar-refractivity contribution in [2.75, 3.05) is 43.1 Å². The van der Waals surface area contributed by atoms with Gasteiger partial charge in [0.15, 0.2) is 0 Å². The fraction of sp³-hybridized carbons (Fsp3) is 0.316. The van der Waals surface area contributed by atoms with Crippen LogP contribution in [0.15, 0.2) is 30.5 Å². The van der Waals surface area contributed by atoms with Crippen LogP contribution in [0.1, 0.15) is 5.69 Å². The first kappa shape index (κ1) is 18.1. The Kier molecular flexibility index (Phi) is 4.93. The lowest BCUT2D eigenvalue weighted by Gasteiger charge is -2.37. The summed E-state index contributed by atoms with van der Waals surface area (Å²) in [4.78, 5) is 17.5. The van der Waals surface area contributed by atoms with Gasteiger partial charge in [0.2, 0.25) is 5.28 Å². The van der Waals surface area contributed by atoms with Gasteiger partial charge in [0.25, 0.3) is 0 Å². The molecule has 1 aromatic carbocycles. The molecule has 1 saturated heterocycles. The Balaban J connectivity index is 1.59. The highest BCUT2D eigenvalue weighted by atomic mass is 35.5. The fourth-order valence-electron chi connectivity index (χ4n) is 3.42. The molecule has 6 nitrogen and oxygen atoms in total. The van der Waals surface area contributed by atoms with Crippen molar-refractivity contribution in [3.05, 3.63) is 46.5 Å². The smallest absolute Gasteiger partial charge is 0.224 e. The number of aromatic nitrogens is 3. The maximum absolute atomic E-state index is 6.25. The number of rotatable bonds is 3. The van der Waals surface area contributed by atoms with Crippen LogP contribution >= 0.6 is 23.2 Å². The van der Waals surface area contributed by atoms with E-state index in [0.717, 1.165) is 54.3 Å². The van der Waals surface area contributed by atoms with Crippen molar-refractivity contribution in [1.29, 1.82) is 0 Å². The first-order chi connectivity index (χ1) is 13.0. The number of anilines is 2. The van der Waals surface area contributed by atoms with Crippen LogP contribution in [0.4, 0.5) is 11.5 Å². The molecule has 0 saturated carbocycles. The van der Waals surface area contributed by atoms with Gasteiger partial charge >= 0.3 is 0 Å². The molecule has 3 heterocycles. The van der Waals surface area contributed by atoms with Crippen molar-refractivity contribution in [2.24, 2.45) is 0 Å². The van der Waals surface area contributed by atoms with Crippen LogP contribution < -0.4 is 14.5 Å². The second kappa shape index (κ2) is 7.37. The lowest BCUT2D eigenvalue weighted by Crippen LogP contribution is -2.47. The highest BCUT2D eigenvalue weighted by molar-refractivity contribution is 6.33. The Hall–Kier alpha value is -2.31. The minimum absolute atomic E-state index is 0.288. The summed E-state index contributed by atoms with van der Waals surface area (Å²) in [6.07, 6.45) is 1.82. The Morgan fingerprint density at radius 3 is 2.44 bits per heavy atom. The summed E-state index contributed by atoms with van der Waals surface area (Å²) < 4.78 is 5.38. The normalized spacial score (nSPS) is 14.7. The quantitative estimate of drug-likeness (QED) is 0.616. The SMILES string of the molecule is COc1cc2c(N3CCN(c4cc(C)nc(Cl)n4)CC3)ccnc2cc1Cl. The van der Waals surface area contributed by atoms with E-state index >= 15 is 0 Å². The van der Waals surface area contributed by atoms with Gasteiger partial charge in [-0.25, -0.2) is 9.97 Å². The molecule has 3 aromatic rings. The molecule has 140 valence electrons. The van der Waals surface area contributed by atoms with Gasteiger partial charge in [-0.1, -0.05) is 11.6 Å². The van der Waals surface area contributed by atoms with E-state index < -0.39 is 0 Å². The van der Waals surface area contributed by atoms with E-state index in [1.54, 1.807) is 7.11 Å². The minimum Gasteiger partial charge on any atom is -0.495 e. The summed E-state index contributed by atoms with van der Waals surface area (Å²) in [5.41, 5.74) is 2.86. The minimum atomic E-state index is 0.288. The van der Waals surface area contributed by atoms with Gasteiger partial charge in [-0.05, 0) is 36.7 Å². The first-order valence-electron chi connectivity index (χ1n) is 8.68. The molecule has 0 unspecified atom stereocenters. The van der Waals surface area contributed by atoms with Crippen molar-refractivity contribution in [2.45, 2.75) is 6.92 Å². The summed E-state index contributed by atoms with van der Waals surface area (Å²) in [7, 11) is 1.62. The fourth-order valence-corrected chi connectivity index (χ4v) is 3.87. The molecule has 0 spiro atoms. The predicted molar refractivity (Wildman–Crippen MR) is 110 cm³/mol. The van der Waals surface area contributed by atoms with E-state index in [1.165, 1.54) is 0 Å². The number of ether oxygens (including phenoxy) is 1. The zero-order valence-electron chi connectivity index (χ0n) is 15.1. The van der Waals surface area contributed by atoms with Crippen LogP contribution in [0.2, 0.25) is 10.3 Å². The molecule has 2 aromatic heterocycles. The second-order valence-electron chi connectivity index (χ2n) is 6.44. The Morgan fingerprint density at radius 1 is 1.00 bits per heavy atom. The predicted octanol–water partition coefficient (Wildman–Crippen LogP) is 3.98. The van der Waals surface area contributed by atoms with Crippen LogP contribution in [0.3, 0.4) is 0 Å². The maximum Gasteiger partial charge on any atom is 0.224 e. The van der Waals surface area contributed by atoms with Crippen molar-refractivity contribution >= 4 is 45.6 Å². The van der Waals surface area contributed by atoms with E-state index in [9.17, 15) is 0 Å². The van der Waals surface area contributed by atoms with Gasteiger partial charge < -0.3 is 14.5 Å². The van der Waals surface area contributed by atoms with Gasteiger partial charge in [-0.3, -0.25) is 4.98 Å². The van der Waals surface area contributed by atoms with Gasteiger partial charge in [-0.15, -0.1) is 0 Å². The molecule has 0 amide bonds. The lowest BCUT2D eigenvalue weighted by atomic mass is 10.1. The van der Waals surface area contributed by atoms with Crippen LogP contribution in [-0.2, 0) is 0 Å². The number of aryl methyl sites for hydroxylation is 1. The molecule has 1 aliphatic heterocycles. The third-order valence-corrected chi connectivity index (χ3v) is 5.21. The summed E-state index contributed by atoms with van der Waals surface area (Å²) in [5.74, 6) is 1.53. The first-order valence-corrected chi connectivity index (χ1v) is 9.44. The van der Waals surface area contributed by atoms with E-state index in [2.05, 4.69) is 24.8 Å². The number of hydrogen-bond donors (Lipinski definition) is 0. The number of pyridine rings is 1. The average molecular weight is 404 g/mol. The Labute approximate surface area is 167 Å². The molecule has 1 fully saturated rings. The number of nitrogens with zero attached hydrogens (tertiary/aromatic N) is 5. The monoisotopic (exact) mass is 403 g/mol. The van der Waals surface area contributed by atoms with Gasteiger partial charge in [-0.2, -0.15) is 0 Å². The molecule has 27 heavy (non-hydrogen) atoms. The van der Waals surface area contributed by atoms with Crippen molar-refractivity contribution in [3.8, 4) is 5.75 Å². The number of hydrogen-bond acceptors (Lipinski definition) is 6. The van der Waals surface area contributed by atoms with Crippen LogP contribution in [0, 0.1) is 6.92 Å². The molecule has 1 aliphatic rings. The summed E-state index contributed by atoms with van der Waals surface area (Å²) in [6, 6.07) is 7.81. The third kappa shape index (κ3) is 3.59. The summed E-state index contributed by atoms with van der Waals surface area (Å²) in [6.45, 7) is 5.35. The molecule has 8 heteroatoms. The van der Waals surface area contributed by atoms with Crippen molar-refractivity contribution < 1.29 is 4.74 Å². The van der Waals surface area contributed by atoms with Crippen LogP contribution in [-0.4, -0.2) is 48.2 Å². The van der Waals surface area contributed by atoms with E-state index in [0.29, 0.717) is 10.8 Å². The van der Waals surface area contributed by atoms with E-state index in [-0.39, 0.29) is 5.28 Å². The zero-order chi connectivity index (χ0) is 19.0. The Bertz CT molecular complexity index is 969.